The molecule has 1 aliphatic rings. The van der Waals surface area contributed by atoms with Crippen molar-refractivity contribution in [3.05, 3.63) is 0 Å². The van der Waals surface area contributed by atoms with Gasteiger partial charge < -0.3 is 21.3 Å². The van der Waals surface area contributed by atoms with Crippen molar-refractivity contribution in [2.45, 2.75) is 90.6 Å². The summed E-state index contributed by atoms with van der Waals surface area (Å²) in [6.07, 6.45) is 1.18. The van der Waals surface area contributed by atoms with Gasteiger partial charge in [0.2, 0.25) is 11.8 Å². The summed E-state index contributed by atoms with van der Waals surface area (Å²) in [5, 5.41) is 6.11. The molecule has 0 aromatic heterocycles. The molecule has 0 spiro atoms. The highest BCUT2D eigenvalue weighted by Gasteiger charge is 2.48. The van der Waals surface area contributed by atoms with Crippen molar-refractivity contribution in [1.82, 2.24) is 20.4 Å². The van der Waals surface area contributed by atoms with Crippen LogP contribution in [0, 0.1) is 11.3 Å². The fraction of sp³-hybridized carbons (Fsp3) is 0.826. The van der Waals surface area contributed by atoms with Crippen LogP contribution in [0.4, 0.5) is 4.79 Å². The van der Waals surface area contributed by atoms with Crippen molar-refractivity contribution in [3.8, 4) is 0 Å². The predicted octanol–water partition coefficient (Wildman–Crippen LogP) is 1.76. The van der Waals surface area contributed by atoms with Crippen molar-refractivity contribution >= 4 is 36.4 Å². The second-order valence-corrected chi connectivity index (χ2v) is 11.7. The Morgan fingerprint density at radius 3 is 2.18 bits per heavy atom. The Kier molecular flexibility index (Phi) is 10.2. The van der Waals surface area contributed by atoms with E-state index in [2.05, 4.69) is 23.3 Å². The second-order valence-electron chi connectivity index (χ2n) is 11.0. The summed E-state index contributed by atoms with van der Waals surface area (Å²) in [5.41, 5.74) is 4.20. The maximum Gasteiger partial charge on any atom is 0.327 e. The Hall–Kier alpha value is -1.81. The average molecular weight is 486 g/mol. The minimum atomic E-state index is -0.851. The molecule has 1 saturated heterocycles. The zero-order valence-corrected chi connectivity index (χ0v) is 22.3. The molecular weight excluding hydrogens is 442 g/mol. The number of imide groups is 1. The van der Waals surface area contributed by atoms with Crippen LogP contribution in [-0.2, 0) is 14.4 Å². The summed E-state index contributed by atoms with van der Waals surface area (Å²) in [5.74, 6) is -0.589. The SMILES string of the molecule is CC(C)CC(NCC(S)CCN1C(=O)N(C)C(C)(C)C1=O)C(=O)NC(CC(N)=O)C(C)(C)C. The lowest BCUT2D eigenvalue weighted by molar-refractivity contribution is -0.131. The van der Waals surface area contributed by atoms with Gasteiger partial charge in [0.1, 0.15) is 5.54 Å². The molecule has 9 nitrogen and oxygen atoms in total. The summed E-state index contributed by atoms with van der Waals surface area (Å²) in [7, 11) is 1.62. The van der Waals surface area contributed by atoms with Crippen molar-refractivity contribution < 1.29 is 19.2 Å². The van der Waals surface area contributed by atoms with Gasteiger partial charge in [0.25, 0.3) is 5.91 Å². The first-order valence-electron chi connectivity index (χ1n) is 11.6. The summed E-state index contributed by atoms with van der Waals surface area (Å²) in [6, 6.07) is -1.14. The van der Waals surface area contributed by atoms with Crippen LogP contribution in [0.3, 0.4) is 0 Å². The van der Waals surface area contributed by atoms with E-state index in [1.807, 2.05) is 34.6 Å². The number of amides is 5. The van der Waals surface area contributed by atoms with E-state index in [9.17, 15) is 19.2 Å². The Bertz CT molecular complexity index is 735. The average Bonchev–Trinajstić information content (AvgIpc) is 2.81. The molecule has 0 aliphatic carbocycles. The maximum absolute atomic E-state index is 13.0. The van der Waals surface area contributed by atoms with Gasteiger partial charge in [0.05, 0.1) is 6.04 Å². The number of nitrogens with two attached hydrogens (primary N) is 1. The lowest BCUT2D eigenvalue weighted by atomic mass is 9.84. The molecular formula is C23H43N5O4S. The van der Waals surface area contributed by atoms with Gasteiger partial charge in [-0.15, -0.1) is 0 Å². The smallest absolute Gasteiger partial charge is 0.327 e. The molecule has 0 aromatic rings. The fourth-order valence-corrected chi connectivity index (χ4v) is 3.86. The molecule has 0 saturated carbocycles. The third kappa shape index (κ3) is 8.17. The largest absolute Gasteiger partial charge is 0.370 e. The minimum absolute atomic E-state index is 0.0710. The molecule has 10 heteroatoms. The first-order chi connectivity index (χ1) is 15.0. The molecule has 0 radical (unpaired) electrons. The Balaban J connectivity index is 2.72. The predicted molar refractivity (Wildman–Crippen MR) is 133 cm³/mol. The van der Waals surface area contributed by atoms with Gasteiger partial charge in [0.15, 0.2) is 0 Å². The first kappa shape index (κ1) is 29.2. The van der Waals surface area contributed by atoms with Crippen LogP contribution in [0.25, 0.3) is 0 Å². The van der Waals surface area contributed by atoms with Crippen molar-refractivity contribution in [1.29, 1.82) is 0 Å². The zero-order chi connectivity index (χ0) is 25.7. The van der Waals surface area contributed by atoms with E-state index in [0.717, 1.165) is 0 Å². The number of rotatable bonds is 12. The second kappa shape index (κ2) is 11.6. The summed E-state index contributed by atoms with van der Waals surface area (Å²) in [4.78, 5) is 52.1. The van der Waals surface area contributed by atoms with Crippen molar-refractivity contribution in [2.75, 3.05) is 20.1 Å². The van der Waals surface area contributed by atoms with Crippen LogP contribution < -0.4 is 16.4 Å². The van der Waals surface area contributed by atoms with Crippen LogP contribution in [0.5, 0.6) is 0 Å². The van der Waals surface area contributed by atoms with E-state index in [0.29, 0.717) is 19.4 Å². The Morgan fingerprint density at radius 2 is 1.76 bits per heavy atom. The fourth-order valence-electron chi connectivity index (χ4n) is 3.64. The number of hydrogen-bond donors (Lipinski definition) is 4. The molecule has 5 amide bonds. The van der Waals surface area contributed by atoms with E-state index in [1.165, 1.54) is 9.80 Å². The molecule has 0 bridgehead atoms. The number of likely N-dealkylation sites (N-methyl/N-ethyl adjacent to an activating group) is 1. The highest BCUT2D eigenvalue weighted by atomic mass is 32.1. The molecule has 4 N–H and O–H groups in total. The minimum Gasteiger partial charge on any atom is -0.370 e. The van der Waals surface area contributed by atoms with Crippen LogP contribution in [-0.4, -0.2) is 76.6 Å². The van der Waals surface area contributed by atoms with Gasteiger partial charge in [-0.25, -0.2) is 4.79 Å². The molecule has 3 unspecified atom stereocenters. The highest BCUT2D eigenvalue weighted by molar-refractivity contribution is 7.81. The number of thiol groups is 1. The number of carbonyl (C=O) groups is 4. The van der Waals surface area contributed by atoms with Gasteiger partial charge >= 0.3 is 6.03 Å². The monoisotopic (exact) mass is 485 g/mol. The standard InChI is InChI=1S/C23H43N5O4S/c1-14(2)11-16(19(30)26-17(12-18(24)29)22(3,4)5)25-13-15(33)9-10-28-20(31)23(6,7)27(8)21(28)32/h14-17,25,33H,9-13H2,1-8H3,(H2,24,29)(H,26,30). The maximum atomic E-state index is 13.0. The quantitative estimate of drug-likeness (QED) is 0.248. The topological polar surface area (TPSA) is 125 Å². The number of nitrogens with one attached hydrogen (secondary N) is 2. The normalized spacial score (nSPS) is 19.1. The van der Waals surface area contributed by atoms with Gasteiger partial charge in [-0.2, -0.15) is 12.6 Å². The lowest BCUT2D eigenvalue weighted by Gasteiger charge is -2.32. The highest BCUT2D eigenvalue weighted by Crippen LogP contribution is 2.26. The first-order valence-corrected chi connectivity index (χ1v) is 12.1. The Labute approximate surface area is 204 Å². The summed E-state index contributed by atoms with van der Waals surface area (Å²) in [6.45, 7) is 14.1. The van der Waals surface area contributed by atoms with Gasteiger partial charge in [-0.05, 0) is 38.0 Å². The summed E-state index contributed by atoms with van der Waals surface area (Å²) >= 11 is 4.60. The summed E-state index contributed by atoms with van der Waals surface area (Å²) < 4.78 is 0. The van der Waals surface area contributed by atoms with Crippen LogP contribution >= 0.6 is 12.6 Å². The number of hydrogen-bond acceptors (Lipinski definition) is 6. The van der Waals surface area contributed by atoms with Crippen LogP contribution in [0.15, 0.2) is 0 Å². The molecule has 1 fully saturated rings. The third-order valence-corrected chi connectivity index (χ3v) is 6.64. The van der Waals surface area contributed by atoms with E-state index in [4.69, 9.17) is 5.73 Å². The molecule has 3 atom stereocenters. The van der Waals surface area contributed by atoms with Gasteiger partial charge in [-0.1, -0.05) is 34.6 Å². The molecule has 1 aliphatic heterocycles. The van der Waals surface area contributed by atoms with Crippen molar-refractivity contribution in [2.24, 2.45) is 17.1 Å². The molecule has 1 heterocycles. The van der Waals surface area contributed by atoms with Gasteiger partial charge in [0, 0.05) is 37.8 Å². The van der Waals surface area contributed by atoms with E-state index >= 15 is 0 Å². The van der Waals surface area contributed by atoms with Crippen molar-refractivity contribution in [3.63, 3.8) is 0 Å². The molecule has 190 valence electrons. The Morgan fingerprint density at radius 1 is 1.18 bits per heavy atom. The molecule has 1 rings (SSSR count). The number of nitrogens with zero attached hydrogens (tertiary/aromatic N) is 2. The van der Waals surface area contributed by atoms with E-state index in [-0.39, 0.29) is 53.4 Å². The van der Waals surface area contributed by atoms with Crippen LogP contribution in [0.1, 0.15) is 67.7 Å². The van der Waals surface area contributed by atoms with E-state index < -0.39 is 17.5 Å². The van der Waals surface area contributed by atoms with Gasteiger partial charge in [-0.3, -0.25) is 19.3 Å². The number of urea groups is 1. The number of primary amides is 1. The zero-order valence-electron chi connectivity index (χ0n) is 21.4. The molecule has 0 aromatic carbocycles. The van der Waals surface area contributed by atoms with Crippen LogP contribution in [0.2, 0.25) is 0 Å². The third-order valence-electron chi connectivity index (χ3n) is 6.20. The number of carbonyl (C=O) groups excluding carboxylic acids is 4. The lowest BCUT2D eigenvalue weighted by Crippen LogP contribution is -2.53. The van der Waals surface area contributed by atoms with E-state index in [1.54, 1.807) is 20.9 Å². The molecule has 33 heavy (non-hydrogen) atoms.